The van der Waals surface area contributed by atoms with Crippen LogP contribution < -0.4 is 5.32 Å². The molecule has 1 aromatic heterocycles. The lowest BCUT2D eigenvalue weighted by Gasteiger charge is -2.23. The van der Waals surface area contributed by atoms with Gasteiger partial charge < -0.3 is 15.0 Å². The van der Waals surface area contributed by atoms with Gasteiger partial charge in [-0.3, -0.25) is 9.59 Å². The van der Waals surface area contributed by atoms with E-state index in [9.17, 15) is 9.59 Å². The summed E-state index contributed by atoms with van der Waals surface area (Å²) in [4.78, 5) is 26.9. The summed E-state index contributed by atoms with van der Waals surface area (Å²) >= 11 is 1.61. The third kappa shape index (κ3) is 3.80. The van der Waals surface area contributed by atoms with Gasteiger partial charge in [0.1, 0.15) is 6.04 Å². The van der Waals surface area contributed by atoms with Gasteiger partial charge in [0.05, 0.1) is 6.54 Å². The lowest BCUT2D eigenvalue weighted by atomic mass is 10.2. The highest BCUT2D eigenvalue weighted by molar-refractivity contribution is 7.09. The van der Waals surface area contributed by atoms with Crippen LogP contribution >= 0.6 is 11.3 Å². The SMILES string of the molecule is COCCCNC(=O)C1CCC(=O)N1Cc1cccs1. The summed E-state index contributed by atoms with van der Waals surface area (Å²) in [5, 5.41) is 4.86. The average Bonchev–Trinajstić information content (AvgIpc) is 3.06. The van der Waals surface area contributed by atoms with Gasteiger partial charge in [-0.1, -0.05) is 6.07 Å². The Balaban J connectivity index is 1.88. The molecule has 1 fully saturated rings. The normalized spacial score (nSPS) is 18.6. The van der Waals surface area contributed by atoms with Crippen LogP contribution in [0.2, 0.25) is 0 Å². The van der Waals surface area contributed by atoms with Gasteiger partial charge in [-0.15, -0.1) is 11.3 Å². The van der Waals surface area contributed by atoms with Gasteiger partial charge in [0, 0.05) is 31.6 Å². The van der Waals surface area contributed by atoms with Gasteiger partial charge in [0.2, 0.25) is 11.8 Å². The smallest absolute Gasteiger partial charge is 0.242 e. The van der Waals surface area contributed by atoms with Crippen LogP contribution in [0, 0.1) is 0 Å². The Kier molecular flexibility index (Phi) is 5.55. The minimum atomic E-state index is -0.327. The number of hydrogen-bond donors (Lipinski definition) is 1. The molecule has 6 heteroatoms. The molecular formula is C14H20N2O3S. The van der Waals surface area contributed by atoms with Crippen LogP contribution in [0.4, 0.5) is 0 Å². The first kappa shape index (κ1) is 15.0. The summed E-state index contributed by atoms with van der Waals surface area (Å²) in [6.07, 6.45) is 1.86. The number of thiophene rings is 1. The Labute approximate surface area is 122 Å². The van der Waals surface area contributed by atoms with Crippen molar-refractivity contribution in [2.24, 2.45) is 0 Å². The lowest BCUT2D eigenvalue weighted by molar-refractivity contribution is -0.135. The molecule has 1 N–H and O–H groups in total. The maximum Gasteiger partial charge on any atom is 0.242 e. The Morgan fingerprint density at radius 1 is 1.60 bits per heavy atom. The van der Waals surface area contributed by atoms with Crippen LogP contribution in [-0.2, 0) is 20.9 Å². The van der Waals surface area contributed by atoms with E-state index in [1.54, 1.807) is 23.3 Å². The maximum absolute atomic E-state index is 12.2. The van der Waals surface area contributed by atoms with Crippen molar-refractivity contribution in [3.05, 3.63) is 22.4 Å². The number of rotatable bonds is 7. The fourth-order valence-corrected chi connectivity index (χ4v) is 3.02. The molecule has 0 aliphatic carbocycles. The van der Waals surface area contributed by atoms with Crippen LogP contribution in [0.1, 0.15) is 24.1 Å². The molecule has 2 heterocycles. The highest BCUT2D eigenvalue weighted by atomic mass is 32.1. The number of carbonyl (C=O) groups excluding carboxylic acids is 2. The molecule has 0 aromatic carbocycles. The minimum absolute atomic E-state index is 0.0523. The lowest BCUT2D eigenvalue weighted by Crippen LogP contribution is -2.44. The number of nitrogens with one attached hydrogen (secondary N) is 1. The zero-order chi connectivity index (χ0) is 14.4. The van der Waals surface area contributed by atoms with E-state index < -0.39 is 0 Å². The Morgan fingerprint density at radius 2 is 2.45 bits per heavy atom. The monoisotopic (exact) mass is 296 g/mol. The van der Waals surface area contributed by atoms with Crippen molar-refractivity contribution in [2.45, 2.75) is 31.8 Å². The quantitative estimate of drug-likeness (QED) is 0.774. The number of methoxy groups -OCH3 is 1. The largest absolute Gasteiger partial charge is 0.385 e. The van der Waals surface area contributed by atoms with Crippen LogP contribution in [0.3, 0.4) is 0 Å². The number of amides is 2. The van der Waals surface area contributed by atoms with Crippen molar-refractivity contribution in [2.75, 3.05) is 20.3 Å². The maximum atomic E-state index is 12.2. The van der Waals surface area contributed by atoms with E-state index in [4.69, 9.17) is 4.74 Å². The summed E-state index contributed by atoms with van der Waals surface area (Å²) in [6, 6.07) is 3.62. The molecule has 1 aliphatic heterocycles. The predicted octanol–water partition coefficient (Wildman–Crippen LogP) is 1.39. The number of nitrogens with zero attached hydrogens (tertiary/aromatic N) is 1. The molecule has 0 spiro atoms. The molecule has 1 unspecified atom stereocenters. The van der Waals surface area contributed by atoms with E-state index in [1.165, 1.54) is 0 Å². The van der Waals surface area contributed by atoms with Gasteiger partial charge in [0.15, 0.2) is 0 Å². The second-order valence-electron chi connectivity index (χ2n) is 4.79. The zero-order valence-electron chi connectivity index (χ0n) is 11.6. The second kappa shape index (κ2) is 7.40. The Bertz CT molecular complexity index is 447. The highest BCUT2D eigenvalue weighted by Gasteiger charge is 2.35. The van der Waals surface area contributed by atoms with Crippen molar-refractivity contribution in [1.29, 1.82) is 0 Å². The van der Waals surface area contributed by atoms with Crippen molar-refractivity contribution in [3.8, 4) is 0 Å². The molecule has 0 saturated carbocycles. The molecule has 1 saturated heterocycles. The summed E-state index contributed by atoms with van der Waals surface area (Å²) < 4.78 is 4.94. The average molecular weight is 296 g/mol. The predicted molar refractivity (Wildman–Crippen MR) is 77.4 cm³/mol. The van der Waals surface area contributed by atoms with Crippen molar-refractivity contribution < 1.29 is 14.3 Å². The molecule has 1 aliphatic rings. The fourth-order valence-electron chi connectivity index (χ4n) is 2.32. The number of ether oxygens (including phenoxy) is 1. The van der Waals surface area contributed by atoms with Crippen molar-refractivity contribution in [1.82, 2.24) is 10.2 Å². The van der Waals surface area contributed by atoms with Gasteiger partial charge in [-0.05, 0) is 24.3 Å². The van der Waals surface area contributed by atoms with Crippen LogP contribution in [0.15, 0.2) is 17.5 Å². The molecule has 2 rings (SSSR count). The molecule has 20 heavy (non-hydrogen) atoms. The standard InChI is InChI=1S/C14H20N2O3S/c1-19-8-3-7-15-14(18)12-5-6-13(17)16(12)10-11-4-2-9-20-11/h2,4,9,12H,3,5-8,10H2,1H3,(H,15,18). The summed E-state index contributed by atoms with van der Waals surface area (Å²) in [5.41, 5.74) is 0. The van der Waals surface area contributed by atoms with E-state index in [-0.39, 0.29) is 17.9 Å². The Morgan fingerprint density at radius 3 is 3.15 bits per heavy atom. The fraction of sp³-hybridized carbons (Fsp3) is 0.571. The topological polar surface area (TPSA) is 58.6 Å². The molecule has 5 nitrogen and oxygen atoms in total. The summed E-state index contributed by atoms with van der Waals surface area (Å²) in [5.74, 6) is 0.0129. The number of carbonyl (C=O) groups is 2. The van der Waals surface area contributed by atoms with Gasteiger partial charge in [-0.2, -0.15) is 0 Å². The van der Waals surface area contributed by atoms with E-state index in [0.29, 0.717) is 32.5 Å². The first-order valence-corrected chi connectivity index (χ1v) is 7.69. The third-order valence-electron chi connectivity index (χ3n) is 3.36. The van der Waals surface area contributed by atoms with E-state index >= 15 is 0 Å². The molecular weight excluding hydrogens is 276 g/mol. The van der Waals surface area contributed by atoms with Gasteiger partial charge in [-0.25, -0.2) is 0 Å². The van der Waals surface area contributed by atoms with Crippen LogP contribution in [0.25, 0.3) is 0 Å². The minimum Gasteiger partial charge on any atom is -0.385 e. The molecule has 1 aromatic rings. The van der Waals surface area contributed by atoms with Crippen LogP contribution in [-0.4, -0.2) is 43.0 Å². The molecule has 1 atom stereocenters. The number of hydrogen-bond acceptors (Lipinski definition) is 4. The second-order valence-corrected chi connectivity index (χ2v) is 5.83. The third-order valence-corrected chi connectivity index (χ3v) is 4.22. The van der Waals surface area contributed by atoms with Gasteiger partial charge in [0.25, 0.3) is 0 Å². The molecule has 2 amide bonds. The Hall–Kier alpha value is -1.40. The van der Waals surface area contributed by atoms with E-state index in [1.807, 2.05) is 17.5 Å². The van der Waals surface area contributed by atoms with Crippen molar-refractivity contribution in [3.63, 3.8) is 0 Å². The van der Waals surface area contributed by atoms with Gasteiger partial charge >= 0.3 is 0 Å². The number of likely N-dealkylation sites (tertiary alicyclic amines) is 1. The van der Waals surface area contributed by atoms with Crippen molar-refractivity contribution >= 4 is 23.2 Å². The molecule has 0 bridgehead atoms. The van der Waals surface area contributed by atoms with E-state index in [2.05, 4.69) is 5.32 Å². The zero-order valence-corrected chi connectivity index (χ0v) is 12.4. The summed E-state index contributed by atoms with van der Waals surface area (Å²) in [6.45, 7) is 1.75. The van der Waals surface area contributed by atoms with Crippen LogP contribution in [0.5, 0.6) is 0 Å². The molecule has 110 valence electrons. The first-order valence-electron chi connectivity index (χ1n) is 6.81. The van der Waals surface area contributed by atoms with E-state index in [0.717, 1.165) is 11.3 Å². The summed E-state index contributed by atoms with van der Waals surface area (Å²) in [7, 11) is 1.64. The molecule has 0 radical (unpaired) electrons. The first-order chi connectivity index (χ1) is 9.72. The highest BCUT2D eigenvalue weighted by Crippen LogP contribution is 2.23.